The molecular formula is C22H24O5. The molecule has 2 heterocycles. The first-order valence-electron chi connectivity index (χ1n) is 9.20. The Morgan fingerprint density at radius 1 is 0.963 bits per heavy atom. The van der Waals surface area contributed by atoms with Gasteiger partial charge in [-0.15, -0.1) is 0 Å². The molecule has 0 unspecified atom stereocenters. The van der Waals surface area contributed by atoms with E-state index in [4.69, 9.17) is 18.9 Å². The molecule has 2 fully saturated rings. The Labute approximate surface area is 159 Å². The molecule has 27 heavy (non-hydrogen) atoms. The Morgan fingerprint density at radius 3 is 2.07 bits per heavy atom. The Kier molecular flexibility index (Phi) is 4.54. The molecular weight excluding hydrogens is 344 g/mol. The van der Waals surface area contributed by atoms with Gasteiger partial charge in [0.15, 0.2) is 17.5 Å². The van der Waals surface area contributed by atoms with Gasteiger partial charge in [-0.25, -0.2) is 4.79 Å². The van der Waals surface area contributed by atoms with Gasteiger partial charge in [-0.1, -0.05) is 60.7 Å². The lowest BCUT2D eigenvalue weighted by Gasteiger charge is -2.24. The van der Waals surface area contributed by atoms with Gasteiger partial charge in [-0.2, -0.15) is 0 Å². The number of hydrogen-bond donors (Lipinski definition) is 0. The maximum atomic E-state index is 12.4. The predicted molar refractivity (Wildman–Crippen MR) is 99.0 cm³/mol. The lowest BCUT2D eigenvalue weighted by atomic mass is 9.98. The summed E-state index contributed by atoms with van der Waals surface area (Å²) in [6.07, 6.45) is -1.26. The van der Waals surface area contributed by atoms with E-state index in [1.54, 1.807) is 20.8 Å². The van der Waals surface area contributed by atoms with Gasteiger partial charge >= 0.3 is 5.97 Å². The zero-order valence-electron chi connectivity index (χ0n) is 15.8. The van der Waals surface area contributed by atoms with E-state index in [1.165, 1.54) is 0 Å². The monoisotopic (exact) mass is 368 g/mol. The molecule has 4 rings (SSSR count). The van der Waals surface area contributed by atoms with Crippen molar-refractivity contribution >= 4 is 5.97 Å². The minimum atomic E-state index is -1.09. The molecule has 0 spiro atoms. The molecule has 2 aliphatic rings. The van der Waals surface area contributed by atoms with E-state index in [9.17, 15) is 4.79 Å². The molecule has 2 aromatic rings. The Hall–Kier alpha value is -2.21. The van der Waals surface area contributed by atoms with Crippen molar-refractivity contribution in [3.05, 3.63) is 71.8 Å². The van der Waals surface area contributed by atoms with Crippen LogP contribution in [-0.2, 0) is 23.7 Å². The third-order valence-corrected chi connectivity index (χ3v) is 5.04. The molecule has 5 heteroatoms. The van der Waals surface area contributed by atoms with Crippen LogP contribution >= 0.6 is 0 Å². The number of hydrogen-bond acceptors (Lipinski definition) is 5. The number of esters is 1. The lowest BCUT2D eigenvalue weighted by Crippen LogP contribution is -2.41. The average molecular weight is 368 g/mol. The van der Waals surface area contributed by atoms with Crippen molar-refractivity contribution in [1.29, 1.82) is 0 Å². The second-order valence-corrected chi connectivity index (χ2v) is 7.63. The molecule has 2 aliphatic heterocycles. The Morgan fingerprint density at radius 2 is 1.52 bits per heavy atom. The fourth-order valence-corrected chi connectivity index (χ4v) is 3.87. The molecule has 0 amide bonds. The molecule has 0 radical (unpaired) electrons. The summed E-state index contributed by atoms with van der Waals surface area (Å²) in [7, 11) is 0. The normalized spacial score (nSPS) is 29.0. The summed E-state index contributed by atoms with van der Waals surface area (Å²) in [6.45, 7) is 5.55. The lowest BCUT2D eigenvalue weighted by molar-refractivity contribution is -0.200. The number of ether oxygens (including phenoxy) is 4. The number of carbonyl (C=O) groups is 1. The van der Waals surface area contributed by atoms with Crippen LogP contribution in [0.25, 0.3) is 0 Å². The topological polar surface area (TPSA) is 54.0 Å². The second kappa shape index (κ2) is 6.75. The minimum Gasteiger partial charge on any atom is -0.455 e. The van der Waals surface area contributed by atoms with Crippen molar-refractivity contribution in [3.63, 3.8) is 0 Å². The van der Waals surface area contributed by atoms with Crippen molar-refractivity contribution in [1.82, 2.24) is 0 Å². The van der Waals surface area contributed by atoms with Gasteiger partial charge in [-0.3, -0.25) is 0 Å². The third kappa shape index (κ3) is 3.38. The SMILES string of the molecule is CC1(C)O[C@@H]2[C@@H](COC(c3ccccc3)c3ccccc3)OC(=O)[C@]2(C)O1. The number of benzene rings is 2. The molecule has 2 saturated heterocycles. The number of rotatable bonds is 5. The number of cyclic esters (lactones) is 1. The van der Waals surface area contributed by atoms with Crippen molar-refractivity contribution in [3.8, 4) is 0 Å². The van der Waals surface area contributed by atoms with Crippen LogP contribution in [0, 0.1) is 0 Å². The summed E-state index contributed by atoms with van der Waals surface area (Å²) in [4.78, 5) is 12.4. The van der Waals surface area contributed by atoms with E-state index in [0.29, 0.717) is 0 Å². The molecule has 3 atom stereocenters. The maximum Gasteiger partial charge on any atom is 0.341 e. The highest BCUT2D eigenvalue weighted by molar-refractivity contribution is 5.83. The maximum absolute atomic E-state index is 12.4. The minimum absolute atomic E-state index is 0.222. The fourth-order valence-electron chi connectivity index (χ4n) is 3.87. The van der Waals surface area contributed by atoms with Crippen molar-refractivity contribution < 1.29 is 23.7 Å². The first kappa shape index (κ1) is 18.2. The smallest absolute Gasteiger partial charge is 0.341 e. The van der Waals surface area contributed by atoms with Crippen LogP contribution in [0.4, 0.5) is 0 Å². The molecule has 2 aromatic carbocycles. The van der Waals surface area contributed by atoms with Gasteiger partial charge in [0.05, 0.1) is 6.61 Å². The van der Waals surface area contributed by atoms with Gasteiger partial charge in [0.25, 0.3) is 0 Å². The van der Waals surface area contributed by atoms with Crippen LogP contribution in [0.1, 0.15) is 38.0 Å². The number of fused-ring (bicyclic) bond motifs is 1. The summed E-state index contributed by atoms with van der Waals surface area (Å²) in [6, 6.07) is 20.0. The van der Waals surface area contributed by atoms with Crippen molar-refractivity contribution in [2.75, 3.05) is 6.61 Å². The molecule has 0 bridgehead atoms. The third-order valence-electron chi connectivity index (χ3n) is 5.04. The van der Waals surface area contributed by atoms with Crippen LogP contribution in [0.5, 0.6) is 0 Å². The van der Waals surface area contributed by atoms with E-state index < -0.39 is 29.6 Å². The van der Waals surface area contributed by atoms with Crippen LogP contribution in [-0.4, -0.2) is 36.2 Å². The van der Waals surface area contributed by atoms with Gasteiger partial charge in [0.2, 0.25) is 0 Å². The largest absolute Gasteiger partial charge is 0.455 e. The van der Waals surface area contributed by atoms with E-state index in [1.807, 2.05) is 60.7 Å². The molecule has 5 nitrogen and oxygen atoms in total. The molecule has 142 valence electrons. The van der Waals surface area contributed by atoms with Gasteiger partial charge in [0, 0.05) is 0 Å². The predicted octanol–water partition coefficient (Wildman–Crippen LogP) is 3.63. The standard InChI is InChI=1S/C22H24O5/c1-21(2)26-19-17(25-20(23)22(19,3)27-21)14-24-18(15-10-6-4-7-11-15)16-12-8-5-9-13-16/h4-13,17-19H,14H2,1-3H3/t17-,19-,22-/m1/s1. The van der Waals surface area contributed by atoms with E-state index in [0.717, 1.165) is 11.1 Å². The Bertz CT molecular complexity index is 764. The summed E-state index contributed by atoms with van der Waals surface area (Å²) in [5.41, 5.74) is 0.992. The summed E-state index contributed by atoms with van der Waals surface area (Å²) in [5.74, 6) is -1.22. The highest BCUT2D eigenvalue weighted by Gasteiger charge is 2.64. The first-order valence-corrected chi connectivity index (χ1v) is 9.20. The first-order chi connectivity index (χ1) is 12.9. The summed E-state index contributed by atoms with van der Waals surface area (Å²) < 4.78 is 23.6. The molecule has 0 saturated carbocycles. The van der Waals surface area contributed by atoms with Crippen LogP contribution in [0.2, 0.25) is 0 Å². The zero-order chi connectivity index (χ0) is 19.1. The van der Waals surface area contributed by atoms with E-state index in [-0.39, 0.29) is 12.7 Å². The van der Waals surface area contributed by atoms with Crippen molar-refractivity contribution in [2.24, 2.45) is 0 Å². The van der Waals surface area contributed by atoms with Gasteiger partial charge in [0.1, 0.15) is 12.2 Å². The van der Waals surface area contributed by atoms with Crippen LogP contribution in [0.15, 0.2) is 60.7 Å². The molecule has 0 aromatic heterocycles. The molecule has 0 N–H and O–H groups in total. The highest BCUT2D eigenvalue weighted by atomic mass is 16.8. The number of carbonyl (C=O) groups excluding carboxylic acids is 1. The quantitative estimate of drug-likeness (QED) is 0.755. The van der Waals surface area contributed by atoms with Gasteiger partial charge < -0.3 is 18.9 Å². The van der Waals surface area contributed by atoms with Crippen LogP contribution in [0.3, 0.4) is 0 Å². The van der Waals surface area contributed by atoms with E-state index in [2.05, 4.69) is 0 Å². The Balaban J connectivity index is 1.54. The molecule has 0 aliphatic carbocycles. The average Bonchev–Trinajstić information content (AvgIpc) is 3.04. The summed E-state index contributed by atoms with van der Waals surface area (Å²) in [5, 5.41) is 0. The van der Waals surface area contributed by atoms with Gasteiger partial charge in [-0.05, 0) is 31.9 Å². The highest BCUT2D eigenvalue weighted by Crippen LogP contribution is 2.44. The zero-order valence-corrected chi connectivity index (χ0v) is 15.8. The van der Waals surface area contributed by atoms with E-state index >= 15 is 0 Å². The second-order valence-electron chi connectivity index (χ2n) is 7.63. The van der Waals surface area contributed by atoms with Crippen molar-refractivity contribution in [2.45, 2.75) is 50.5 Å². The summed E-state index contributed by atoms with van der Waals surface area (Å²) >= 11 is 0. The van der Waals surface area contributed by atoms with Crippen LogP contribution < -0.4 is 0 Å². The fraction of sp³-hybridized carbons (Fsp3) is 0.409.